The third kappa shape index (κ3) is 6.73. The number of pyridine rings is 4. The molecule has 0 aliphatic rings. The van der Waals surface area contributed by atoms with Crippen LogP contribution in [0.15, 0.2) is 109 Å². The Morgan fingerprint density at radius 3 is 1.12 bits per heavy atom. The first kappa shape index (κ1) is 31.6. The lowest BCUT2D eigenvalue weighted by molar-refractivity contribution is 0.0591. The summed E-state index contributed by atoms with van der Waals surface area (Å²) in [6, 6.07) is 29.2. The quantitative estimate of drug-likeness (QED) is 0.150. The van der Waals surface area contributed by atoms with Crippen LogP contribution in [0.4, 0.5) is 0 Å². The van der Waals surface area contributed by atoms with Crippen molar-refractivity contribution in [1.29, 1.82) is 0 Å². The Kier molecular flexibility index (Phi) is 9.15. The molecule has 6 aromatic rings. The number of carbonyl (C=O) groups excluding carboxylic acids is 2. The van der Waals surface area contributed by atoms with Crippen molar-refractivity contribution >= 4 is 11.9 Å². The van der Waals surface area contributed by atoms with Crippen LogP contribution in [-0.4, -0.2) is 60.3 Å². The molecule has 6 rings (SSSR count). The number of hydrogen-bond donors (Lipinski definition) is 0. The monoisotopic (exact) mass is 638 g/mol. The number of ether oxygens (including phenoxy) is 4. The van der Waals surface area contributed by atoms with Gasteiger partial charge in [-0.2, -0.15) is 0 Å². The van der Waals surface area contributed by atoms with Crippen molar-refractivity contribution in [1.82, 2.24) is 19.9 Å². The van der Waals surface area contributed by atoms with Crippen LogP contribution in [-0.2, 0) is 9.47 Å². The molecule has 0 spiro atoms. The number of rotatable bonds is 9. The third-order valence-corrected chi connectivity index (χ3v) is 7.65. The van der Waals surface area contributed by atoms with Crippen LogP contribution in [0.1, 0.15) is 20.7 Å². The predicted octanol–water partition coefficient (Wildman–Crippen LogP) is 7.19. The zero-order valence-electron chi connectivity index (χ0n) is 26.6. The Bertz CT molecular complexity index is 1960. The van der Waals surface area contributed by atoms with Gasteiger partial charge in [-0.05, 0) is 95.1 Å². The van der Waals surface area contributed by atoms with Gasteiger partial charge in [-0.3, -0.25) is 9.97 Å². The van der Waals surface area contributed by atoms with Gasteiger partial charge in [0.05, 0.1) is 73.7 Å². The molecule has 0 bridgehead atoms. The Morgan fingerprint density at radius 2 is 0.792 bits per heavy atom. The fourth-order valence-corrected chi connectivity index (χ4v) is 5.12. The first-order chi connectivity index (χ1) is 23.4. The first-order valence-electron chi connectivity index (χ1n) is 14.8. The molecule has 10 heteroatoms. The molecule has 0 atom stereocenters. The van der Waals surface area contributed by atoms with Crippen molar-refractivity contribution in [2.45, 2.75) is 0 Å². The molecular weight excluding hydrogens is 608 g/mol. The molecule has 0 saturated heterocycles. The number of methoxy groups -OCH3 is 4. The fraction of sp³-hybridized carbons (Fsp3) is 0.105. The molecule has 10 nitrogen and oxygen atoms in total. The molecule has 4 heterocycles. The van der Waals surface area contributed by atoms with E-state index in [1.807, 2.05) is 72.8 Å². The molecule has 0 aliphatic heterocycles. The minimum Gasteiger partial charge on any atom is -0.497 e. The summed E-state index contributed by atoms with van der Waals surface area (Å²) in [6.07, 6.45) is 3.35. The highest BCUT2D eigenvalue weighted by molar-refractivity contribution is 5.94. The lowest BCUT2D eigenvalue weighted by atomic mass is 10.0. The number of benzene rings is 2. The molecule has 0 N–H and O–H groups in total. The summed E-state index contributed by atoms with van der Waals surface area (Å²) < 4.78 is 20.7. The van der Waals surface area contributed by atoms with Gasteiger partial charge in [0.1, 0.15) is 11.5 Å². The number of esters is 2. The van der Waals surface area contributed by atoms with E-state index >= 15 is 0 Å². The molecule has 0 radical (unpaired) electrons. The maximum atomic E-state index is 12.9. The summed E-state index contributed by atoms with van der Waals surface area (Å²) in [5.41, 5.74) is 6.67. The summed E-state index contributed by atoms with van der Waals surface area (Å²) in [5, 5.41) is 0. The van der Waals surface area contributed by atoms with Crippen LogP contribution >= 0.6 is 0 Å². The van der Waals surface area contributed by atoms with E-state index in [4.69, 9.17) is 28.9 Å². The second-order valence-corrected chi connectivity index (χ2v) is 10.6. The van der Waals surface area contributed by atoms with E-state index in [2.05, 4.69) is 9.97 Å². The highest BCUT2D eigenvalue weighted by Crippen LogP contribution is 2.31. The topological polar surface area (TPSA) is 123 Å². The third-order valence-electron chi connectivity index (χ3n) is 7.65. The zero-order chi connectivity index (χ0) is 33.6. The van der Waals surface area contributed by atoms with Gasteiger partial charge in [-0.1, -0.05) is 24.3 Å². The molecule has 48 heavy (non-hydrogen) atoms. The van der Waals surface area contributed by atoms with Gasteiger partial charge >= 0.3 is 11.9 Å². The summed E-state index contributed by atoms with van der Waals surface area (Å²) in [4.78, 5) is 44.5. The van der Waals surface area contributed by atoms with Crippen molar-refractivity contribution in [3.63, 3.8) is 0 Å². The van der Waals surface area contributed by atoms with Crippen LogP contribution < -0.4 is 9.47 Å². The van der Waals surface area contributed by atoms with Crippen LogP contribution in [0.3, 0.4) is 0 Å². The Labute approximate surface area is 277 Å². The van der Waals surface area contributed by atoms with E-state index in [0.29, 0.717) is 34.2 Å². The lowest BCUT2D eigenvalue weighted by Gasteiger charge is -2.12. The first-order valence-corrected chi connectivity index (χ1v) is 14.8. The second-order valence-electron chi connectivity index (χ2n) is 10.6. The van der Waals surface area contributed by atoms with Crippen LogP contribution in [0.2, 0.25) is 0 Å². The highest BCUT2D eigenvalue weighted by atomic mass is 16.5. The second kappa shape index (κ2) is 13.9. The number of nitrogens with zero attached hydrogens (tertiary/aromatic N) is 4. The maximum absolute atomic E-state index is 12.9. The van der Waals surface area contributed by atoms with E-state index in [-0.39, 0.29) is 11.1 Å². The van der Waals surface area contributed by atoms with Gasteiger partial charge in [-0.15, -0.1) is 0 Å². The minimum atomic E-state index is -0.565. The van der Waals surface area contributed by atoms with E-state index in [1.165, 1.54) is 14.2 Å². The maximum Gasteiger partial charge on any atom is 0.338 e. The standard InChI is InChI=1S/C38H30N4O6/c1-45-29-9-5-23(6-10-29)25-13-15-39-31(17-25)33-19-27(37(43)47-3)21-35(41-33)36-22-28(38(44)48-4)20-34(42-36)32-18-26(14-16-40-32)24-7-11-30(46-2)12-8-24/h5-22H,1-4H3. The number of hydrogen-bond acceptors (Lipinski definition) is 10. The van der Waals surface area contributed by atoms with Gasteiger partial charge in [0.15, 0.2) is 0 Å². The van der Waals surface area contributed by atoms with Crippen molar-refractivity contribution in [3.05, 3.63) is 121 Å². The summed E-state index contributed by atoms with van der Waals surface area (Å²) >= 11 is 0. The normalized spacial score (nSPS) is 10.7. The van der Waals surface area contributed by atoms with E-state index < -0.39 is 11.9 Å². The van der Waals surface area contributed by atoms with Gasteiger partial charge in [0, 0.05) is 12.4 Å². The molecule has 0 aliphatic carbocycles. The Balaban J connectivity index is 1.47. The molecule has 238 valence electrons. The van der Waals surface area contributed by atoms with Gasteiger partial charge in [-0.25, -0.2) is 19.6 Å². The molecule has 0 amide bonds. The lowest BCUT2D eigenvalue weighted by Crippen LogP contribution is -2.06. The predicted molar refractivity (Wildman–Crippen MR) is 181 cm³/mol. The van der Waals surface area contributed by atoms with E-state index in [9.17, 15) is 9.59 Å². The van der Waals surface area contributed by atoms with Gasteiger partial charge in [0.25, 0.3) is 0 Å². The van der Waals surface area contributed by atoms with Crippen LogP contribution in [0.25, 0.3) is 56.4 Å². The van der Waals surface area contributed by atoms with Crippen molar-refractivity contribution in [2.75, 3.05) is 28.4 Å². The van der Waals surface area contributed by atoms with Crippen LogP contribution in [0, 0.1) is 0 Å². The minimum absolute atomic E-state index is 0.237. The number of carbonyl (C=O) groups is 2. The van der Waals surface area contributed by atoms with Gasteiger partial charge < -0.3 is 18.9 Å². The smallest absolute Gasteiger partial charge is 0.338 e. The van der Waals surface area contributed by atoms with Gasteiger partial charge in [0.2, 0.25) is 0 Å². The Morgan fingerprint density at radius 1 is 0.438 bits per heavy atom. The molecular formula is C38H30N4O6. The molecule has 0 fully saturated rings. The fourth-order valence-electron chi connectivity index (χ4n) is 5.12. The van der Waals surface area contributed by atoms with E-state index in [1.54, 1.807) is 50.9 Å². The summed E-state index contributed by atoms with van der Waals surface area (Å²) in [5.74, 6) is 0.358. The van der Waals surface area contributed by atoms with E-state index in [0.717, 1.165) is 33.8 Å². The molecule has 2 aromatic carbocycles. The number of aromatic nitrogens is 4. The molecule has 0 unspecified atom stereocenters. The largest absolute Gasteiger partial charge is 0.497 e. The SMILES string of the molecule is COC(=O)c1cc(-c2cc(-c3ccc(OC)cc3)ccn2)nc(-c2cc(C(=O)OC)cc(-c3cc(-c4ccc(OC)cc4)ccn3)n2)c1. The highest BCUT2D eigenvalue weighted by Gasteiger charge is 2.19. The average Bonchev–Trinajstić information content (AvgIpc) is 3.17. The van der Waals surface area contributed by atoms with Crippen molar-refractivity contribution in [3.8, 4) is 67.9 Å². The Hall–Kier alpha value is -6.42. The van der Waals surface area contributed by atoms with Crippen LogP contribution in [0.5, 0.6) is 11.5 Å². The molecule has 4 aromatic heterocycles. The van der Waals surface area contributed by atoms with Crippen molar-refractivity contribution < 1.29 is 28.5 Å². The summed E-state index contributed by atoms with van der Waals surface area (Å²) in [6.45, 7) is 0. The zero-order valence-corrected chi connectivity index (χ0v) is 26.6. The molecule has 0 saturated carbocycles. The summed E-state index contributed by atoms with van der Waals surface area (Å²) in [7, 11) is 5.85. The van der Waals surface area contributed by atoms with Crippen molar-refractivity contribution in [2.24, 2.45) is 0 Å². The average molecular weight is 639 g/mol.